The van der Waals surface area contributed by atoms with Gasteiger partial charge in [-0.15, -0.1) is 0 Å². The average Bonchev–Trinajstić information content (AvgIpc) is 2.62. The van der Waals surface area contributed by atoms with E-state index in [4.69, 9.17) is 10.5 Å². The van der Waals surface area contributed by atoms with Gasteiger partial charge in [0, 0.05) is 0 Å². The van der Waals surface area contributed by atoms with Crippen molar-refractivity contribution in [2.24, 2.45) is 5.73 Å². The van der Waals surface area contributed by atoms with Crippen molar-refractivity contribution in [3.8, 4) is 5.75 Å². The highest BCUT2D eigenvalue weighted by Crippen LogP contribution is 2.39. The summed E-state index contributed by atoms with van der Waals surface area (Å²) in [6.45, 7) is 10.6. The molecule has 2 aromatic carbocycles. The molecule has 144 valence electrons. The number of carbonyl (C=O) groups excluding carboxylic acids is 2. The molecule has 0 aliphatic heterocycles. The molecule has 5 heteroatoms. The zero-order valence-corrected chi connectivity index (χ0v) is 16.7. The van der Waals surface area contributed by atoms with Crippen molar-refractivity contribution in [2.75, 3.05) is 11.5 Å². The van der Waals surface area contributed by atoms with Crippen molar-refractivity contribution in [3.63, 3.8) is 0 Å². The number of hydrogen-bond donors (Lipinski definition) is 1. The highest BCUT2D eigenvalue weighted by atomic mass is 16.5. The van der Waals surface area contributed by atoms with Gasteiger partial charge in [0.05, 0.1) is 18.0 Å². The van der Waals surface area contributed by atoms with E-state index in [1.54, 1.807) is 0 Å². The first-order valence-corrected chi connectivity index (χ1v) is 9.19. The van der Waals surface area contributed by atoms with Crippen LogP contribution in [-0.2, 0) is 21.4 Å². The summed E-state index contributed by atoms with van der Waals surface area (Å²) in [5.74, 6) is -1.27. The van der Waals surface area contributed by atoms with E-state index >= 15 is 0 Å². The number of para-hydroxylation sites is 1. The largest absolute Gasteiger partial charge is 0.492 e. The molecule has 0 heterocycles. The van der Waals surface area contributed by atoms with Gasteiger partial charge in [-0.1, -0.05) is 52.0 Å². The molecule has 0 unspecified atom stereocenters. The smallest absolute Gasteiger partial charge is 0.320 e. The Morgan fingerprint density at radius 3 is 2.26 bits per heavy atom. The number of nitrogens with two attached hydrogens (primary N) is 1. The third-order valence-corrected chi connectivity index (χ3v) is 4.39. The van der Waals surface area contributed by atoms with Crippen LogP contribution in [0.3, 0.4) is 0 Å². The van der Waals surface area contributed by atoms with Crippen LogP contribution in [0.2, 0.25) is 0 Å². The molecule has 2 N–H and O–H groups in total. The van der Waals surface area contributed by atoms with Gasteiger partial charge in [0.15, 0.2) is 0 Å². The van der Waals surface area contributed by atoms with Gasteiger partial charge in [0.25, 0.3) is 0 Å². The summed E-state index contributed by atoms with van der Waals surface area (Å²) < 4.78 is 5.76. The minimum absolute atomic E-state index is 0.134. The molecule has 0 aromatic heterocycles. The molecule has 2 amide bonds. The van der Waals surface area contributed by atoms with Gasteiger partial charge in [-0.3, -0.25) is 14.5 Å². The molecule has 0 bridgehead atoms. The second-order valence-electron chi connectivity index (χ2n) is 7.35. The van der Waals surface area contributed by atoms with Crippen LogP contribution in [0.4, 0.5) is 11.4 Å². The molecule has 0 saturated heterocycles. The van der Waals surface area contributed by atoms with E-state index < -0.39 is 11.8 Å². The van der Waals surface area contributed by atoms with Crippen LogP contribution in [0.15, 0.2) is 42.5 Å². The highest BCUT2D eigenvalue weighted by Gasteiger charge is 2.28. The van der Waals surface area contributed by atoms with Crippen molar-refractivity contribution in [1.29, 1.82) is 0 Å². The van der Waals surface area contributed by atoms with Crippen LogP contribution in [-0.4, -0.2) is 18.4 Å². The van der Waals surface area contributed by atoms with Crippen LogP contribution in [0.25, 0.3) is 0 Å². The van der Waals surface area contributed by atoms with Crippen molar-refractivity contribution in [2.45, 2.75) is 46.5 Å². The molecule has 2 aromatic rings. The molecular weight excluding hydrogens is 340 g/mol. The molecule has 0 aliphatic rings. The summed E-state index contributed by atoms with van der Waals surface area (Å²) >= 11 is 0. The Morgan fingerprint density at radius 1 is 1.04 bits per heavy atom. The second kappa shape index (κ2) is 8.25. The fourth-order valence-corrected chi connectivity index (χ4v) is 2.92. The number of primary amides is 1. The Labute approximate surface area is 161 Å². The minimum Gasteiger partial charge on any atom is -0.492 e. The minimum atomic E-state index is -1.01. The average molecular weight is 368 g/mol. The SMILES string of the molecule is CCOc1ccc(C(C)(C)C)cc1N(C(=O)C(N)=O)c1ccccc1CC. The molecule has 27 heavy (non-hydrogen) atoms. The third-order valence-electron chi connectivity index (χ3n) is 4.39. The number of anilines is 2. The normalized spacial score (nSPS) is 11.1. The van der Waals surface area contributed by atoms with Gasteiger partial charge < -0.3 is 10.5 Å². The number of nitrogens with zero attached hydrogens (tertiary/aromatic N) is 1. The fourth-order valence-electron chi connectivity index (χ4n) is 2.92. The van der Waals surface area contributed by atoms with Crippen molar-refractivity contribution < 1.29 is 14.3 Å². The van der Waals surface area contributed by atoms with Crippen LogP contribution < -0.4 is 15.4 Å². The van der Waals surface area contributed by atoms with E-state index in [0.717, 1.165) is 11.1 Å². The van der Waals surface area contributed by atoms with Gasteiger partial charge >= 0.3 is 11.8 Å². The Kier molecular flexibility index (Phi) is 6.26. The standard InChI is InChI=1S/C22H28N2O3/c1-6-15-10-8-9-11-17(15)24(21(26)20(23)25)18-14-16(22(3,4)5)12-13-19(18)27-7-2/h8-14H,6-7H2,1-5H3,(H2,23,25). The summed E-state index contributed by atoms with van der Waals surface area (Å²) in [6.07, 6.45) is 0.710. The lowest BCUT2D eigenvalue weighted by Gasteiger charge is -2.28. The van der Waals surface area contributed by atoms with E-state index in [1.807, 2.05) is 56.3 Å². The predicted octanol–water partition coefficient (Wildman–Crippen LogP) is 4.10. The first-order valence-electron chi connectivity index (χ1n) is 9.19. The summed E-state index contributed by atoms with van der Waals surface area (Å²) in [5, 5.41) is 0. The van der Waals surface area contributed by atoms with Crippen LogP contribution >= 0.6 is 0 Å². The number of amides is 2. The van der Waals surface area contributed by atoms with Gasteiger partial charge in [-0.2, -0.15) is 0 Å². The maximum atomic E-state index is 12.8. The van der Waals surface area contributed by atoms with Gasteiger partial charge in [0.2, 0.25) is 0 Å². The van der Waals surface area contributed by atoms with Gasteiger partial charge in [0.1, 0.15) is 5.75 Å². The number of benzene rings is 2. The first kappa shape index (κ1) is 20.5. The highest BCUT2D eigenvalue weighted by molar-refractivity contribution is 6.41. The molecule has 5 nitrogen and oxygen atoms in total. The van der Waals surface area contributed by atoms with E-state index in [2.05, 4.69) is 20.8 Å². The zero-order valence-electron chi connectivity index (χ0n) is 16.7. The van der Waals surface area contributed by atoms with Crippen molar-refractivity contribution >= 4 is 23.2 Å². The third kappa shape index (κ3) is 4.48. The molecule has 0 saturated carbocycles. The molecule has 0 atom stereocenters. The number of carbonyl (C=O) groups is 2. The number of ether oxygens (including phenoxy) is 1. The predicted molar refractivity (Wildman–Crippen MR) is 108 cm³/mol. The molecule has 0 aliphatic carbocycles. The Hall–Kier alpha value is -2.82. The second-order valence-corrected chi connectivity index (χ2v) is 7.35. The Bertz CT molecular complexity index is 838. The lowest BCUT2D eigenvalue weighted by molar-refractivity contribution is -0.135. The quantitative estimate of drug-likeness (QED) is 0.808. The van der Waals surface area contributed by atoms with Gasteiger partial charge in [-0.05, 0) is 48.1 Å². The monoisotopic (exact) mass is 368 g/mol. The van der Waals surface area contributed by atoms with Crippen molar-refractivity contribution in [1.82, 2.24) is 0 Å². The molecular formula is C22H28N2O3. The number of aryl methyl sites for hydroxylation is 1. The molecule has 0 radical (unpaired) electrons. The van der Waals surface area contributed by atoms with Crippen LogP contribution in [0, 0.1) is 0 Å². The lowest BCUT2D eigenvalue weighted by atomic mass is 9.86. The molecule has 0 spiro atoms. The summed E-state index contributed by atoms with van der Waals surface area (Å²) in [4.78, 5) is 26.0. The topological polar surface area (TPSA) is 72.6 Å². The van der Waals surface area contributed by atoms with Crippen LogP contribution in [0.5, 0.6) is 5.75 Å². The summed E-state index contributed by atoms with van der Waals surface area (Å²) in [6, 6.07) is 13.2. The Morgan fingerprint density at radius 2 is 1.70 bits per heavy atom. The number of rotatable bonds is 5. The Balaban J connectivity index is 2.78. The summed E-state index contributed by atoms with van der Waals surface area (Å²) in [7, 11) is 0. The maximum absolute atomic E-state index is 12.8. The first-order chi connectivity index (χ1) is 12.7. The molecule has 2 rings (SSSR count). The van der Waals surface area contributed by atoms with Crippen molar-refractivity contribution in [3.05, 3.63) is 53.6 Å². The van der Waals surface area contributed by atoms with Crippen LogP contribution in [0.1, 0.15) is 45.7 Å². The van der Waals surface area contributed by atoms with E-state index in [9.17, 15) is 9.59 Å². The lowest BCUT2D eigenvalue weighted by Crippen LogP contribution is -2.38. The number of hydrogen-bond acceptors (Lipinski definition) is 3. The fraction of sp³-hybridized carbons (Fsp3) is 0.364. The zero-order chi connectivity index (χ0) is 20.2. The van der Waals surface area contributed by atoms with Gasteiger partial charge in [-0.25, -0.2) is 0 Å². The molecule has 0 fully saturated rings. The maximum Gasteiger partial charge on any atom is 0.320 e. The van der Waals surface area contributed by atoms with E-state index in [0.29, 0.717) is 30.2 Å². The van der Waals surface area contributed by atoms with E-state index in [1.165, 1.54) is 4.90 Å². The summed E-state index contributed by atoms with van der Waals surface area (Å²) in [5.41, 5.74) is 8.37. The van der Waals surface area contributed by atoms with E-state index in [-0.39, 0.29) is 5.41 Å².